The normalized spacial score (nSPS) is 16.6. The third-order valence-electron chi connectivity index (χ3n) is 2.87. The van der Waals surface area contributed by atoms with Crippen LogP contribution in [0.3, 0.4) is 0 Å². The summed E-state index contributed by atoms with van der Waals surface area (Å²) in [4.78, 5) is 0. The minimum absolute atomic E-state index is 0.0927. The summed E-state index contributed by atoms with van der Waals surface area (Å²) in [6, 6.07) is 5.83. The molecule has 0 radical (unpaired) electrons. The molecule has 2 aromatic heterocycles. The van der Waals surface area contributed by atoms with Gasteiger partial charge in [0.05, 0.1) is 12.3 Å². The molecule has 92 valence electrons. The van der Waals surface area contributed by atoms with E-state index in [0.717, 1.165) is 11.3 Å². The van der Waals surface area contributed by atoms with E-state index in [1.54, 1.807) is 17.6 Å². The Labute approximate surface area is 105 Å². The predicted octanol–water partition coefficient (Wildman–Crippen LogP) is 2.90. The van der Waals surface area contributed by atoms with Gasteiger partial charge in [-0.3, -0.25) is 0 Å². The molecule has 2 N–H and O–H groups in total. The molecule has 4 heteroatoms. The van der Waals surface area contributed by atoms with Crippen LogP contribution in [0, 0.1) is 0 Å². The molecular weight excluding hydrogens is 234 g/mol. The fourth-order valence-corrected chi connectivity index (χ4v) is 2.45. The Morgan fingerprint density at radius 3 is 2.94 bits per heavy atom. The minimum atomic E-state index is -0.846. The van der Waals surface area contributed by atoms with Crippen molar-refractivity contribution in [3.8, 4) is 0 Å². The van der Waals surface area contributed by atoms with Crippen LogP contribution < -0.4 is 5.32 Å². The molecule has 3 nitrogen and oxygen atoms in total. The number of aliphatic hydroxyl groups is 1. The highest BCUT2D eigenvalue weighted by molar-refractivity contribution is 7.08. The highest BCUT2D eigenvalue weighted by atomic mass is 32.1. The molecule has 0 aliphatic carbocycles. The summed E-state index contributed by atoms with van der Waals surface area (Å²) in [5, 5.41) is 17.6. The van der Waals surface area contributed by atoms with Gasteiger partial charge >= 0.3 is 0 Å². The van der Waals surface area contributed by atoms with Crippen LogP contribution in [0.15, 0.2) is 39.6 Å². The molecule has 2 heterocycles. The fourth-order valence-electron chi connectivity index (χ4n) is 1.66. The molecule has 0 spiro atoms. The van der Waals surface area contributed by atoms with Gasteiger partial charge in [0, 0.05) is 6.54 Å². The number of hydrogen-bond donors (Lipinski definition) is 2. The van der Waals surface area contributed by atoms with Crippen molar-refractivity contribution in [1.29, 1.82) is 0 Å². The first kappa shape index (κ1) is 12.4. The third kappa shape index (κ3) is 2.97. The Morgan fingerprint density at radius 1 is 1.53 bits per heavy atom. The zero-order valence-electron chi connectivity index (χ0n) is 10.0. The Bertz CT molecular complexity index is 434. The molecule has 0 saturated heterocycles. The van der Waals surface area contributed by atoms with E-state index in [-0.39, 0.29) is 6.04 Å². The van der Waals surface area contributed by atoms with Gasteiger partial charge in [-0.15, -0.1) is 0 Å². The Hall–Kier alpha value is -1.10. The lowest BCUT2D eigenvalue weighted by molar-refractivity contribution is 0.0541. The SMILES string of the molecule is CC(NCC(C)(O)c1ccsc1)c1ccco1. The second-order valence-corrected chi connectivity index (χ2v) is 5.18. The monoisotopic (exact) mass is 251 g/mol. The van der Waals surface area contributed by atoms with Gasteiger partial charge in [-0.25, -0.2) is 0 Å². The molecule has 0 fully saturated rings. The lowest BCUT2D eigenvalue weighted by Gasteiger charge is -2.24. The summed E-state index contributed by atoms with van der Waals surface area (Å²) in [6.45, 7) is 4.32. The van der Waals surface area contributed by atoms with E-state index < -0.39 is 5.60 Å². The first-order valence-corrected chi connectivity index (χ1v) is 6.56. The lowest BCUT2D eigenvalue weighted by atomic mass is 9.99. The van der Waals surface area contributed by atoms with E-state index in [9.17, 15) is 5.11 Å². The largest absolute Gasteiger partial charge is 0.468 e. The maximum Gasteiger partial charge on any atom is 0.120 e. The Morgan fingerprint density at radius 2 is 2.35 bits per heavy atom. The molecule has 2 rings (SSSR count). The smallest absolute Gasteiger partial charge is 0.120 e. The summed E-state index contributed by atoms with van der Waals surface area (Å²) in [6.07, 6.45) is 1.66. The quantitative estimate of drug-likeness (QED) is 0.859. The molecule has 0 aromatic carbocycles. The second kappa shape index (κ2) is 5.04. The fraction of sp³-hybridized carbons (Fsp3) is 0.385. The first-order chi connectivity index (χ1) is 8.09. The van der Waals surface area contributed by atoms with Crippen LogP contribution in [0.2, 0.25) is 0 Å². The van der Waals surface area contributed by atoms with Crippen LogP contribution in [0.4, 0.5) is 0 Å². The summed E-state index contributed by atoms with van der Waals surface area (Å²) in [5.74, 6) is 0.881. The molecule has 0 saturated carbocycles. The molecule has 0 aliphatic heterocycles. The van der Waals surface area contributed by atoms with Crippen molar-refractivity contribution in [3.63, 3.8) is 0 Å². The zero-order valence-corrected chi connectivity index (χ0v) is 10.8. The molecule has 2 unspecified atom stereocenters. The number of rotatable bonds is 5. The van der Waals surface area contributed by atoms with Gasteiger partial charge in [0.2, 0.25) is 0 Å². The lowest BCUT2D eigenvalue weighted by Crippen LogP contribution is -2.36. The number of hydrogen-bond acceptors (Lipinski definition) is 4. The van der Waals surface area contributed by atoms with Crippen molar-refractivity contribution >= 4 is 11.3 Å². The molecule has 2 aromatic rings. The average Bonchev–Trinajstić information content (AvgIpc) is 2.97. The maximum absolute atomic E-state index is 10.3. The van der Waals surface area contributed by atoms with E-state index in [1.165, 1.54) is 0 Å². The van der Waals surface area contributed by atoms with Crippen molar-refractivity contribution < 1.29 is 9.52 Å². The molecule has 2 atom stereocenters. The van der Waals surface area contributed by atoms with Crippen molar-refractivity contribution in [3.05, 3.63) is 46.5 Å². The summed E-state index contributed by atoms with van der Waals surface area (Å²) in [5.41, 5.74) is 0.0996. The Kier molecular flexibility index (Phi) is 3.66. The molecular formula is C13H17NO2S. The number of furan rings is 1. The highest BCUT2D eigenvalue weighted by Gasteiger charge is 2.24. The van der Waals surface area contributed by atoms with Gasteiger partial charge in [-0.2, -0.15) is 11.3 Å². The molecule has 0 aliphatic rings. The van der Waals surface area contributed by atoms with E-state index in [2.05, 4.69) is 5.32 Å². The predicted molar refractivity (Wildman–Crippen MR) is 69.0 cm³/mol. The average molecular weight is 251 g/mol. The Balaban J connectivity index is 1.94. The molecule has 17 heavy (non-hydrogen) atoms. The molecule has 0 amide bonds. The summed E-state index contributed by atoms with van der Waals surface area (Å²) < 4.78 is 5.31. The first-order valence-electron chi connectivity index (χ1n) is 5.61. The van der Waals surface area contributed by atoms with Crippen molar-refractivity contribution in [1.82, 2.24) is 5.32 Å². The number of nitrogens with one attached hydrogen (secondary N) is 1. The topological polar surface area (TPSA) is 45.4 Å². The van der Waals surface area contributed by atoms with Gasteiger partial charge < -0.3 is 14.8 Å². The zero-order chi connectivity index (χ0) is 12.3. The van der Waals surface area contributed by atoms with Gasteiger partial charge in [0.15, 0.2) is 0 Å². The standard InChI is InChI=1S/C13H17NO2S/c1-10(12-4-3-6-16-12)14-9-13(2,15)11-5-7-17-8-11/h3-8,10,14-15H,9H2,1-2H3. The van der Waals surface area contributed by atoms with E-state index in [4.69, 9.17) is 4.42 Å². The van der Waals surface area contributed by atoms with Crippen LogP contribution >= 0.6 is 11.3 Å². The molecule has 0 bridgehead atoms. The van der Waals surface area contributed by atoms with E-state index in [0.29, 0.717) is 6.54 Å². The van der Waals surface area contributed by atoms with Gasteiger partial charge in [0.1, 0.15) is 11.4 Å². The van der Waals surface area contributed by atoms with Crippen LogP contribution in [0.5, 0.6) is 0 Å². The second-order valence-electron chi connectivity index (χ2n) is 4.40. The van der Waals surface area contributed by atoms with Crippen LogP contribution in [-0.4, -0.2) is 11.7 Å². The van der Waals surface area contributed by atoms with Crippen molar-refractivity contribution in [2.75, 3.05) is 6.54 Å². The summed E-state index contributed by atoms with van der Waals surface area (Å²) in [7, 11) is 0. The van der Waals surface area contributed by atoms with E-state index in [1.807, 2.05) is 42.8 Å². The maximum atomic E-state index is 10.3. The number of thiophene rings is 1. The van der Waals surface area contributed by atoms with Crippen molar-refractivity contribution in [2.24, 2.45) is 0 Å². The summed E-state index contributed by atoms with van der Waals surface area (Å²) >= 11 is 1.59. The van der Waals surface area contributed by atoms with Gasteiger partial charge in [-0.1, -0.05) is 0 Å². The van der Waals surface area contributed by atoms with Crippen molar-refractivity contribution in [2.45, 2.75) is 25.5 Å². The third-order valence-corrected chi connectivity index (χ3v) is 3.55. The van der Waals surface area contributed by atoms with Crippen LogP contribution in [0.25, 0.3) is 0 Å². The van der Waals surface area contributed by atoms with Gasteiger partial charge in [0.25, 0.3) is 0 Å². The highest BCUT2D eigenvalue weighted by Crippen LogP contribution is 2.23. The van der Waals surface area contributed by atoms with E-state index >= 15 is 0 Å². The van der Waals surface area contributed by atoms with Gasteiger partial charge in [-0.05, 0) is 48.4 Å². The minimum Gasteiger partial charge on any atom is -0.468 e. The van der Waals surface area contributed by atoms with Crippen LogP contribution in [0.1, 0.15) is 31.2 Å². The van der Waals surface area contributed by atoms with Crippen LogP contribution in [-0.2, 0) is 5.60 Å².